The lowest BCUT2D eigenvalue weighted by molar-refractivity contribution is 0.0183. The van der Waals surface area contributed by atoms with Crippen molar-refractivity contribution in [3.05, 3.63) is 0 Å². The summed E-state index contributed by atoms with van der Waals surface area (Å²) in [5.74, 6) is 1.67. The first-order valence-corrected chi connectivity index (χ1v) is 6.64. The highest BCUT2D eigenvalue weighted by molar-refractivity contribution is 7.80. The standard InChI is InChI=1S/C12H23NO2S/c1-12(2,3)15-11(14)13-7-4-10(5-8-13)6-9-16/h10,16H,4-9H2,1-3H3. The summed E-state index contributed by atoms with van der Waals surface area (Å²) in [6, 6.07) is 0. The molecule has 1 aliphatic rings. The van der Waals surface area contributed by atoms with Gasteiger partial charge in [0, 0.05) is 13.1 Å². The average molecular weight is 245 g/mol. The number of ether oxygens (including phenoxy) is 1. The lowest BCUT2D eigenvalue weighted by Gasteiger charge is -2.33. The first kappa shape index (κ1) is 13.7. The third-order valence-corrected chi connectivity index (χ3v) is 3.06. The molecule has 4 heteroatoms. The Morgan fingerprint density at radius 3 is 2.38 bits per heavy atom. The number of carbonyl (C=O) groups excluding carboxylic acids is 1. The van der Waals surface area contributed by atoms with E-state index < -0.39 is 0 Å². The number of nitrogens with zero attached hydrogens (tertiary/aromatic N) is 1. The molecule has 0 atom stereocenters. The first-order valence-electron chi connectivity index (χ1n) is 6.01. The molecule has 16 heavy (non-hydrogen) atoms. The Labute approximate surface area is 104 Å². The summed E-state index contributed by atoms with van der Waals surface area (Å²) in [7, 11) is 0. The maximum absolute atomic E-state index is 11.8. The zero-order valence-electron chi connectivity index (χ0n) is 10.5. The summed E-state index contributed by atoms with van der Waals surface area (Å²) in [5, 5.41) is 0. The van der Waals surface area contributed by atoms with Crippen molar-refractivity contribution in [2.45, 2.75) is 45.6 Å². The Hall–Kier alpha value is -0.380. The van der Waals surface area contributed by atoms with E-state index in [0.29, 0.717) is 0 Å². The molecule has 0 aromatic rings. The van der Waals surface area contributed by atoms with Gasteiger partial charge in [0.15, 0.2) is 0 Å². The highest BCUT2D eigenvalue weighted by Gasteiger charge is 2.26. The van der Waals surface area contributed by atoms with Gasteiger partial charge in [-0.25, -0.2) is 4.79 Å². The van der Waals surface area contributed by atoms with Gasteiger partial charge in [-0.05, 0) is 51.7 Å². The third kappa shape index (κ3) is 4.64. The van der Waals surface area contributed by atoms with Crippen molar-refractivity contribution in [2.24, 2.45) is 5.92 Å². The van der Waals surface area contributed by atoms with Crippen molar-refractivity contribution in [2.75, 3.05) is 18.8 Å². The van der Waals surface area contributed by atoms with Gasteiger partial charge in [-0.15, -0.1) is 0 Å². The molecule has 1 aliphatic heterocycles. The van der Waals surface area contributed by atoms with Crippen LogP contribution in [0.3, 0.4) is 0 Å². The largest absolute Gasteiger partial charge is 0.444 e. The monoisotopic (exact) mass is 245 g/mol. The van der Waals surface area contributed by atoms with E-state index in [1.54, 1.807) is 0 Å². The van der Waals surface area contributed by atoms with E-state index in [9.17, 15) is 4.79 Å². The van der Waals surface area contributed by atoms with Gasteiger partial charge in [0.2, 0.25) is 0 Å². The zero-order chi connectivity index (χ0) is 12.2. The van der Waals surface area contributed by atoms with E-state index in [1.807, 2.05) is 25.7 Å². The fourth-order valence-electron chi connectivity index (χ4n) is 1.91. The number of thiol groups is 1. The summed E-state index contributed by atoms with van der Waals surface area (Å²) in [4.78, 5) is 13.6. The van der Waals surface area contributed by atoms with E-state index in [0.717, 1.165) is 44.0 Å². The van der Waals surface area contributed by atoms with Gasteiger partial charge in [-0.3, -0.25) is 0 Å². The Balaban J connectivity index is 2.33. The van der Waals surface area contributed by atoms with Crippen LogP contribution in [0.25, 0.3) is 0 Å². The summed E-state index contributed by atoms with van der Waals surface area (Å²) in [5.41, 5.74) is -0.390. The smallest absolute Gasteiger partial charge is 0.410 e. The Kier molecular flexibility index (Phi) is 4.96. The quantitative estimate of drug-likeness (QED) is 0.758. The van der Waals surface area contributed by atoms with Gasteiger partial charge in [-0.2, -0.15) is 12.6 Å². The molecule has 1 fully saturated rings. The van der Waals surface area contributed by atoms with Crippen molar-refractivity contribution in [3.8, 4) is 0 Å². The Morgan fingerprint density at radius 2 is 1.94 bits per heavy atom. The molecule has 0 aromatic carbocycles. The maximum Gasteiger partial charge on any atom is 0.410 e. The molecule has 94 valence electrons. The SMILES string of the molecule is CC(C)(C)OC(=O)N1CCC(CCS)CC1. The molecule has 0 aliphatic carbocycles. The molecule has 0 radical (unpaired) electrons. The highest BCUT2D eigenvalue weighted by Crippen LogP contribution is 2.22. The fourth-order valence-corrected chi connectivity index (χ4v) is 2.28. The van der Waals surface area contributed by atoms with Crippen molar-refractivity contribution in [1.29, 1.82) is 0 Å². The molecule has 3 nitrogen and oxygen atoms in total. The van der Waals surface area contributed by atoms with Crippen LogP contribution in [0.5, 0.6) is 0 Å². The van der Waals surface area contributed by atoms with E-state index in [2.05, 4.69) is 12.6 Å². The van der Waals surface area contributed by atoms with Gasteiger partial charge >= 0.3 is 6.09 Å². The van der Waals surface area contributed by atoms with Crippen LogP contribution < -0.4 is 0 Å². The molecule has 0 saturated carbocycles. The van der Waals surface area contributed by atoms with Crippen LogP contribution in [0, 0.1) is 5.92 Å². The van der Waals surface area contributed by atoms with Gasteiger partial charge in [0.1, 0.15) is 5.60 Å². The molecule has 1 saturated heterocycles. The molecule has 0 spiro atoms. The van der Waals surface area contributed by atoms with E-state index in [-0.39, 0.29) is 11.7 Å². The van der Waals surface area contributed by atoms with Gasteiger partial charge in [0.25, 0.3) is 0 Å². The van der Waals surface area contributed by atoms with Crippen molar-refractivity contribution < 1.29 is 9.53 Å². The van der Waals surface area contributed by atoms with Crippen LogP contribution in [-0.4, -0.2) is 35.4 Å². The summed E-state index contributed by atoms with van der Waals surface area (Å²) < 4.78 is 5.34. The minimum Gasteiger partial charge on any atom is -0.444 e. The molecule has 0 N–H and O–H groups in total. The third-order valence-electron chi connectivity index (χ3n) is 2.80. The second kappa shape index (κ2) is 5.80. The first-order chi connectivity index (χ1) is 7.42. The summed E-state index contributed by atoms with van der Waals surface area (Å²) in [6.45, 7) is 7.36. The Bertz CT molecular complexity index is 230. The highest BCUT2D eigenvalue weighted by atomic mass is 32.1. The minimum atomic E-state index is -0.390. The molecule has 0 bridgehead atoms. The second-order valence-corrected chi connectivity index (χ2v) is 5.87. The lowest BCUT2D eigenvalue weighted by atomic mass is 9.95. The van der Waals surface area contributed by atoms with Crippen molar-refractivity contribution >= 4 is 18.7 Å². The molecule has 1 amide bonds. The van der Waals surface area contributed by atoms with Crippen LogP contribution >= 0.6 is 12.6 Å². The minimum absolute atomic E-state index is 0.170. The van der Waals surface area contributed by atoms with E-state index >= 15 is 0 Å². The number of carbonyl (C=O) groups is 1. The Morgan fingerprint density at radius 1 is 1.38 bits per heavy atom. The van der Waals surface area contributed by atoms with Crippen LogP contribution in [-0.2, 0) is 4.74 Å². The van der Waals surface area contributed by atoms with E-state index in [4.69, 9.17) is 4.74 Å². The van der Waals surface area contributed by atoms with E-state index in [1.165, 1.54) is 0 Å². The van der Waals surface area contributed by atoms with Crippen LogP contribution in [0.2, 0.25) is 0 Å². The summed E-state index contributed by atoms with van der Waals surface area (Å²) in [6.07, 6.45) is 3.15. The predicted molar refractivity (Wildman–Crippen MR) is 69.0 cm³/mol. The maximum atomic E-state index is 11.8. The molecule has 0 aromatic heterocycles. The molecular weight excluding hydrogens is 222 g/mol. The van der Waals surface area contributed by atoms with Crippen LogP contribution in [0.4, 0.5) is 4.79 Å². The molecular formula is C12H23NO2S. The van der Waals surface area contributed by atoms with Crippen LogP contribution in [0.1, 0.15) is 40.0 Å². The number of piperidine rings is 1. The predicted octanol–water partition coefficient (Wildman–Crippen LogP) is 2.95. The topological polar surface area (TPSA) is 29.5 Å². The van der Waals surface area contributed by atoms with Gasteiger partial charge in [0.05, 0.1) is 0 Å². The lowest BCUT2D eigenvalue weighted by Crippen LogP contribution is -2.41. The average Bonchev–Trinajstić information content (AvgIpc) is 2.16. The number of rotatable bonds is 2. The number of amides is 1. The second-order valence-electron chi connectivity index (χ2n) is 5.42. The van der Waals surface area contributed by atoms with Crippen molar-refractivity contribution in [1.82, 2.24) is 4.90 Å². The number of hydrogen-bond donors (Lipinski definition) is 1. The van der Waals surface area contributed by atoms with Crippen LogP contribution in [0.15, 0.2) is 0 Å². The van der Waals surface area contributed by atoms with Crippen molar-refractivity contribution in [3.63, 3.8) is 0 Å². The zero-order valence-corrected chi connectivity index (χ0v) is 11.4. The molecule has 1 heterocycles. The fraction of sp³-hybridized carbons (Fsp3) is 0.917. The normalized spacial score (nSPS) is 18.6. The summed E-state index contributed by atoms with van der Waals surface area (Å²) >= 11 is 4.24. The molecule has 0 unspecified atom stereocenters. The number of likely N-dealkylation sites (tertiary alicyclic amines) is 1. The number of hydrogen-bond acceptors (Lipinski definition) is 3. The van der Waals surface area contributed by atoms with Gasteiger partial charge in [-0.1, -0.05) is 0 Å². The van der Waals surface area contributed by atoms with Gasteiger partial charge < -0.3 is 9.64 Å². The molecule has 1 rings (SSSR count).